The highest BCUT2D eigenvalue weighted by atomic mass is 32.1. The summed E-state index contributed by atoms with van der Waals surface area (Å²) < 4.78 is 0. The molecule has 0 spiro atoms. The lowest BCUT2D eigenvalue weighted by Gasteiger charge is -2.41. The maximum absolute atomic E-state index is 6.10. The van der Waals surface area contributed by atoms with Crippen LogP contribution < -0.4 is 5.73 Å². The lowest BCUT2D eigenvalue weighted by molar-refractivity contribution is 0.0982. The van der Waals surface area contributed by atoms with E-state index >= 15 is 0 Å². The van der Waals surface area contributed by atoms with Gasteiger partial charge in [0.2, 0.25) is 0 Å². The Morgan fingerprint density at radius 1 is 1.56 bits per heavy atom. The quantitative estimate of drug-likeness (QED) is 0.885. The average Bonchev–Trinajstić information content (AvgIpc) is 2.81. The van der Waals surface area contributed by atoms with E-state index in [4.69, 9.17) is 5.73 Å². The summed E-state index contributed by atoms with van der Waals surface area (Å²) in [5, 5.41) is 4.40. The summed E-state index contributed by atoms with van der Waals surface area (Å²) in [4.78, 5) is 2.45. The fourth-order valence-electron chi connectivity index (χ4n) is 3.49. The molecule has 2 N–H and O–H groups in total. The molecule has 18 heavy (non-hydrogen) atoms. The van der Waals surface area contributed by atoms with Crippen molar-refractivity contribution in [2.24, 2.45) is 17.1 Å². The molecule has 0 bridgehead atoms. The van der Waals surface area contributed by atoms with E-state index in [1.165, 1.54) is 31.2 Å². The van der Waals surface area contributed by atoms with Gasteiger partial charge in [-0.3, -0.25) is 0 Å². The normalized spacial score (nSPS) is 28.8. The van der Waals surface area contributed by atoms with Gasteiger partial charge in [-0.25, -0.2) is 0 Å². The second-order valence-corrected chi connectivity index (χ2v) is 6.99. The SMILES string of the molecule is CC1CCCC(CN)(CN(C)Cc2ccsc2)C1. The Bertz CT molecular complexity index is 349. The van der Waals surface area contributed by atoms with Crippen molar-refractivity contribution in [3.05, 3.63) is 22.4 Å². The highest BCUT2D eigenvalue weighted by Crippen LogP contribution is 2.39. The molecule has 1 heterocycles. The van der Waals surface area contributed by atoms with Crippen LogP contribution >= 0.6 is 11.3 Å². The molecule has 1 aliphatic rings. The summed E-state index contributed by atoms with van der Waals surface area (Å²) in [6.07, 6.45) is 5.35. The van der Waals surface area contributed by atoms with E-state index in [1.807, 2.05) is 0 Å². The molecule has 0 radical (unpaired) electrons. The largest absolute Gasteiger partial charge is 0.330 e. The molecule has 1 aromatic heterocycles. The van der Waals surface area contributed by atoms with Crippen molar-refractivity contribution >= 4 is 11.3 Å². The van der Waals surface area contributed by atoms with Gasteiger partial charge in [0.1, 0.15) is 0 Å². The first-order chi connectivity index (χ1) is 8.63. The van der Waals surface area contributed by atoms with Crippen molar-refractivity contribution in [2.45, 2.75) is 39.2 Å². The molecule has 0 amide bonds. The Balaban J connectivity index is 1.92. The van der Waals surface area contributed by atoms with Gasteiger partial charge in [0, 0.05) is 13.1 Å². The third-order valence-electron chi connectivity index (χ3n) is 4.26. The lowest BCUT2D eigenvalue weighted by Crippen LogP contribution is -2.43. The first kappa shape index (κ1) is 14.0. The summed E-state index contributed by atoms with van der Waals surface area (Å²) in [7, 11) is 2.23. The van der Waals surface area contributed by atoms with E-state index in [0.717, 1.165) is 25.6 Å². The van der Waals surface area contributed by atoms with Crippen molar-refractivity contribution in [3.63, 3.8) is 0 Å². The third kappa shape index (κ3) is 3.56. The number of nitrogens with zero attached hydrogens (tertiary/aromatic N) is 1. The monoisotopic (exact) mass is 266 g/mol. The minimum atomic E-state index is 0.364. The van der Waals surface area contributed by atoms with Crippen molar-refractivity contribution in [3.8, 4) is 0 Å². The number of rotatable bonds is 5. The van der Waals surface area contributed by atoms with E-state index in [1.54, 1.807) is 11.3 Å². The van der Waals surface area contributed by atoms with Crippen LogP contribution in [0.2, 0.25) is 0 Å². The second kappa shape index (κ2) is 6.18. The molecular weight excluding hydrogens is 240 g/mol. The maximum Gasteiger partial charge on any atom is 0.0239 e. The van der Waals surface area contributed by atoms with Crippen molar-refractivity contribution in [1.82, 2.24) is 4.90 Å². The Labute approximate surface area is 115 Å². The van der Waals surface area contributed by atoms with Gasteiger partial charge in [-0.05, 0) is 60.2 Å². The summed E-state index contributed by atoms with van der Waals surface area (Å²) in [6, 6.07) is 2.22. The predicted molar refractivity (Wildman–Crippen MR) is 79.8 cm³/mol. The standard InChI is InChI=1S/C15H26N2S/c1-13-4-3-6-15(8-13,11-16)12-17(2)9-14-5-7-18-10-14/h5,7,10,13H,3-4,6,8-9,11-12,16H2,1-2H3. The molecule has 102 valence electrons. The Morgan fingerprint density at radius 3 is 3.00 bits per heavy atom. The summed E-state index contributed by atoms with van der Waals surface area (Å²) in [5.41, 5.74) is 7.89. The van der Waals surface area contributed by atoms with Crippen LogP contribution in [0.4, 0.5) is 0 Å². The van der Waals surface area contributed by atoms with Gasteiger partial charge in [0.15, 0.2) is 0 Å². The number of hydrogen-bond acceptors (Lipinski definition) is 3. The predicted octanol–water partition coefficient (Wildman–Crippen LogP) is 3.34. The molecule has 1 fully saturated rings. The second-order valence-electron chi connectivity index (χ2n) is 6.21. The summed E-state index contributed by atoms with van der Waals surface area (Å²) in [5.74, 6) is 0.844. The van der Waals surface area contributed by atoms with Crippen LogP contribution in [0.25, 0.3) is 0 Å². The highest BCUT2D eigenvalue weighted by Gasteiger charge is 2.34. The zero-order valence-corrected chi connectivity index (χ0v) is 12.5. The van der Waals surface area contributed by atoms with Gasteiger partial charge in [-0.2, -0.15) is 11.3 Å². The van der Waals surface area contributed by atoms with Gasteiger partial charge < -0.3 is 10.6 Å². The zero-order chi connectivity index (χ0) is 13.0. The van der Waals surface area contributed by atoms with E-state index in [2.05, 4.69) is 35.7 Å². The van der Waals surface area contributed by atoms with E-state index in [9.17, 15) is 0 Å². The molecule has 0 saturated heterocycles. The molecule has 2 unspecified atom stereocenters. The fraction of sp³-hybridized carbons (Fsp3) is 0.733. The Morgan fingerprint density at radius 2 is 2.39 bits per heavy atom. The number of nitrogens with two attached hydrogens (primary N) is 1. The molecule has 1 aliphatic carbocycles. The first-order valence-corrected chi connectivity index (χ1v) is 7.97. The van der Waals surface area contributed by atoms with Gasteiger partial charge in [0.25, 0.3) is 0 Å². The zero-order valence-electron chi connectivity index (χ0n) is 11.7. The Kier molecular flexibility index (Phi) is 4.82. The van der Waals surface area contributed by atoms with Gasteiger partial charge in [-0.1, -0.05) is 19.8 Å². The average molecular weight is 266 g/mol. The van der Waals surface area contributed by atoms with Crippen LogP contribution in [0.3, 0.4) is 0 Å². The van der Waals surface area contributed by atoms with Gasteiger partial charge >= 0.3 is 0 Å². The first-order valence-electron chi connectivity index (χ1n) is 7.03. The van der Waals surface area contributed by atoms with Gasteiger partial charge in [-0.15, -0.1) is 0 Å². The number of thiophene rings is 1. The highest BCUT2D eigenvalue weighted by molar-refractivity contribution is 7.07. The molecule has 0 aliphatic heterocycles. The Hall–Kier alpha value is -0.380. The van der Waals surface area contributed by atoms with Crippen molar-refractivity contribution in [2.75, 3.05) is 20.1 Å². The molecule has 0 aromatic carbocycles. The third-order valence-corrected chi connectivity index (χ3v) is 4.99. The molecule has 2 nitrogen and oxygen atoms in total. The molecule has 1 aromatic rings. The van der Waals surface area contributed by atoms with Crippen LogP contribution in [0, 0.1) is 11.3 Å². The van der Waals surface area contributed by atoms with Crippen LogP contribution in [0.5, 0.6) is 0 Å². The lowest BCUT2D eigenvalue weighted by atomic mass is 9.70. The van der Waals surface area contributed by atoms with Crippen LogP contribution in [-0.2, 0) is 6.54 Å². The maximum atomic E-state index is 6.10. The minimum Gasteiger partial charge on any atom is -0.330 e. The summed E-state index contributed by atoms with van der Waals surface area (Å²) >= 11 is 1.78. The van der Waals surface area contributed by atoms with Crippen LogP contribution in [-0.4, -0.2) is 25.0 Å². The van der Waals surface area contributed by atoms with E-state index in [-0.39, 0.29) is 0 Å². The number of hydrogen-bond donors (Lipinski definition) is 1. The van der Waals surface area contributed by atoms with Gasteiger partial charge in [0.05, 0.1) is 0 Å². The molecule has 1 saturated carbocycles. The molecule has 3 heteroatoms. The molecule has 2 atom stereocenters. The van der Waals surface area contributed by atoms with E-state index in [0.29, 0.717) is 5.41 Å². The minimum absolute atomic E-state index is 0.364. The smallest absolute Gasteiger partial charge is 0.0239 e. The van der Waals surface area contributed by atoms with Crippen molar-refractivity contribution in [1.29, 1.82) is 0 Å². The van der Waals surface area contributed by atoms with Crippen LogP contribution in [0.15, 0.2) is 16.8 Å². The van der Waals surface area contributed by atoms with Crippen molar-refractivity contribution < 1.29 is 0 Å². The van der Waals surface area contributed by atoms with Crippen LogP contribution in [0.1, 0.15) is 38.2 Å². The molecule has 2 rings (SSSR count). The topological polar surface area (TPSA) is 29.3 Å². The fourth-order valence-corrected chi connectivity index (χ4v) is 4.14. The van der Waals surface area contributed by atoms with E-state index < -0.39 is 0 Å². The summed E-state index contributed by atoms with van der Waals surface area (Å²) in [6.45, 7) is 5.41. The molecular formula is C15H26N2S.